The lowest BCUT2D eigenvalue weighted by Crippen LogP contribution is -2.40. The van der Waals surface area contributed by atoms with Crippen LogP contribution >= 0.6 is 0 Å². The predicted molar refractivity (Wildman–Crippen MR) is 103 cm³/mol. The SMILES string of the molecule is Cc1cc(NC(=O)CN2CCC[C@@H](c3[nH]ncc3CN3CCOCC3)C2)no1. The molecule has 9 nitrogen and oxygen atoms in total. The molecule has 4 heterocycles. The number of amides is 1. The van der Waals surface area contributed by atoms with Crippen LogP contribution < -0.4 is 5.32 Å². The number of hydrogen-bond donors (Lipinski definition) is 2. The van der Waals surface area contributed by atoms with E-state index in [1.807, 2.05) is 6.20 Å². The van der Waals surface area contributed by atoms with E-state index in [2.05, 4.69) is 30.5 Å². The van der Waals surface area contributed by atoms with Crippen molar-refractivity contribution in [3.63, 3.8) is 0 Å². The molecule has 2 aliphatic heterocycles. The van der Waals surface area contributed by atoms with Crippen molar-refractivity contribution in [3.05, 3.63) is 29.3 Å². The van der Waals surface area contributed by atoms with Crippen LogP contribution in [0.4, 0.5) is 5.82 Å². The fourth-order valence-corrected chi connectivity index (χ4v) is 4.05. The van der Waals surface area contributed by atoms with E-state index in [9.17, 15) is 4.79 Å². The molecule has 1 atom stereocenters. The summed E-state index contributed by atoms with van der Waals surface area (Å²) < 4.78 is 10.4. The van der Waals surface area contributed by atoms with Gasteiger partial charge in [0, 0.05) is 49.4 Å². The summed E-state index contributed by atoms with van der Waals surface area (Å²) >= 11 is 0. The molecule has 2 aromatic heterocycles. The molecule has 2 fully saturated rings. The van der Waals surface area contributed by atoms with E-state index in [-0.39, 0.29) is 5.91 Å². The molecule has 2 saturated heterocycles. The number of carbonyl (C=O) groups excluding carboxylic acids is 1. The van der Waals surface area contributed by atoms with Crippen molar-refractivity contribution >= 4 is 11.7 Å². The third-order valence-corrected chi connectivity index (χ3v) is 5.43. The molecule has 9 heteroatoms. The molecule has 1 amide bonds. The lowest BCUT2D eigenvalue weighted by molar-refractivity contribution is -0.117. The number of nitrogens with zero attached hydrogens (tertiary/aromatic N) is 4. The fourth-order valence-electron chi connectivity index (χ4n) is 4.05. The minimum atomic E-state index is -0.0629. The van der Waals surface area contributed by atoms with Gasteiger partial charge in [-0.15, -0.1) is 0 Å². The number of rotatable bonds is 6. The number of aromatic nitrogens is 3. The smallest absolute Gasteiger partial charge is 0.239 e. The summed E-state index contributed by atoms with van der Waals surface area (Å²) in [5.41, 5.74) is 2.47. The number of H-pyrrole nitrogens is 1. The fraction of sp³-hybridized carbons (Fsp3) is 0.632. The number of likely N-dealkylation sites (tertiary alicyclic amines) is 1. The number of piperidine rings is 1. The number of carbonyl (C=O) groups is 1. The largest absolute Gasteiger partial charge is 0.379 e. The van der Waals surface area contributed by atoms with Crippen molar-refractivity contribution in [2.45, 2.75) is 32.2 Å². The summed E-state index contributed by atoms with van der Waals surface area (Å²) in [6.07, 6.45) is 4.12. The quantitative estimate of drug-likeness (QED) is 0.771. The minimum Gasteiger partial charge on any atom is -0.379 e. The van der Waals surface area contributed by atoms with Gasteiger partial charge in [0.1, 0.15) is 5.76 Å². The zero-order valence-corrected chi connectivity index (χ0v) is 16.3. The van der Waals surface area contributed by atoms with Crippen LogP contribution in [-0.4, -0.2) is 77.0 Å². The minimum absolute atomic E-state index is 0.0629. The van der Waals surface area contributed by atoms with Gasteiger partial charge in [-0.3, -0.25) is 19.7 Å². The summed E-state index contributed by atoms with van der Waals surface area (Å²) in [6.45, 7) is 8.35. The summed E-state index contributed by atoms with van der Waals surface area (Å²) in [4.78, 5) is 17.0. The Bertz CT molecular complexity index is 782. The molecule has 152 valence electrons. The first-order chi connectivity index (χ1) is 13.7. The van der Waals surface area contributed by atoms with E-state index in [0.717, 1.165) is 58.8 Å². The van der Waals surface area contributed by atoms with Gasteiger partial charge in [-0.25, -0.2) is 0 Å². The Labute approximate surface area is 164 Å². The normalized spacial score (nSPS) is 21.7. The summed E-state index contributed by atoms with van der Waals surface area (Å²) in [5.74, 6) is 1.46. The van der Waals surface area contributed by atoms with Crippen LogP contribution in [-0.2, 0) is 16.1 Å². The van der Waals surface area contributed by atoms with Gasteiger partial charge in [0.05, 0.1) is 26.0 Å². The lowest BCUT2D eigenvalue weighted by atomic mass is 9.92. The Morgan fingerprint density at radius 2 is 2.18 bits per heavy atom. The van der Waals surface area contributed by atoms with Crippen molar-refractivity contribution < 1.29 is 14.1 Å². The first-order valence-electron chi connectivity index (χ1n) is 9.95. The van der Waals surface area contributed by atoms with Crippen LogP contribution in [0, 0.1) is 6.92 Å². The molecule has 0 spiro atoms. The molecule has 28 heavy (non-hydrogen) atoms. The highest BCUT2D eigenvalue weighted by Gasteiger charge is 2.26. The molecule has 0 unspecified atom stereocenters. The van der Waals surface area contributed by atoms with E-state index in [4.69, 9.17) is 9.26 Å². The second kappa shape index (κ2) is 8.85. The van der Waals surface area contributed by atoms with E-state index in [1.54, 1.807) is 13.0 Å². The number of aromatic amines is 1. The first kappa shape index (κ1) is 19.1. The topological polar surface area (TPSA) is 99.5 Å². The van der Waals surface area contributed by atoms with Gasteiger partial charge in [0.15, 0.2) is 5.82 Å². The van der Waals surface area contributed by atoms with Crippen LogP contribution in [0.2, 0.25) is 0 Å². The average molecular weight is 388 g/mol. The van der Waals surface area contributed by atoms with Gasteiger partial charge >= 0.3 is 0 Å². The van der Waals surface area contributed by atoms with Crippen LogP contribution in [0.15, 0.2) is 16.8 Å². The number of ether oxygens (including phenoxy) is 1. The Hall–Kier alpha value is -2.23. The maximum atomic E-state index is 12.3. The molecule has 2 aromatic rings. The number of anilines is 1. The highest BCUT2D eigenvalue weighted by Crippen LogP contribution is 2.28. The van der Waals surface area contributed by atoms with Crippen molar-refractivity contribution in [1.29, 1.82) is 0 Å². The Morgan fingerprint density at radius 1 is 1.32 bits per heavy atom. The summed E-state index contributed by atoms with van der Waals surface area (Å²) in [5, 5.41) is 14.2. The lowest BCUT2D eigenvalue weighted by Gasteiger charge is -2.32. The zero-order chi connectivity index (χ0) is 19.3. The molecular formula is C19H28N6O3. The average Bonchev–Trinajstić information content (AvgIpc) is 3.31. The third-order valence-electron chi connectivity index (χ3n) is 5.43. The predicted octanol–water partition coefficient (Wildman–Crippen LogP) is 1.36. The van der Waals surface area contributed by atoms with Crippen LogP contribution in [0.25, 0.3) is 0 Å². The van der Waals surface area contributed by atoms with Crippen LogP contribution in [0.5, 0.6) is 0 Å². The second-order valence-corrected chi connectivity index (χ2v) is 7.64. The zero-order valence-electron chi connectivity index (χ0n) is 16.3. The van der Waals surface area contributed by atoms with Gasteiger partial charge in [-0.1, -0.05) is 5.16 Å². The van der Waals surface area contributed by atoms with Gasteiger partial charge in [-0.2, -0.15) is 5.10 Å². The van der Waals surface area contributed by atoms with Crippen molar-refractivity contribution in [1.82, 2.24) is 25.2 Å². The molecule has 0 saturated carbocycles. The molecule has 0 radical (unpaired) electrons. The molecule has 2 N–H and O–H groups in total. The van der Waals surface area contributed by atoms with Gasteiger partial charge < -0.3 is 14.6 Å². The first-order valence-corrected chi connectivity index (χ1v) is 9.95. The number of aryl methyl sites for hydroxylation is 1. The van der Waals surface area contributed by atoms with Gasteiger partial charge in [0.2, 0.25) is 5.91 Å². The number of nitrogens with one attached hydrogen (secondary N) is 2. The highest BCUT2D eigenvalue weighted by atomic mass is 16.5. The third kappa shape index (κ3) is 4.78. The van der Waals surface area contributed by atoms with Gasteiger partial charge in [-0.05, 0) is 26.3 Å². The van der Waals surface area contributed by atoms with Crippen molar-refractivity contribution in [3.8, 4) is 0 Å². The van der Waals surface area contributed by atoms with E-state index in [0.29, 0.717) is 24.0 Å². The maximum absolute atomic E-state index is 12.3. The standard InChI is InChI=1S/C19H28N6O3/c1-14-9-17(23-28-14)21-18(26)13-25-4-2-3-15(11-25)19-16(10-20-22-19)12-24-5-7-27-8-6-24/h9-10,15H,2-8,11-13H2,1H3,(H,20,22)(H,21,23,26)/t15-/m1/s1. The number of morpholine rings is 1. The Balaban J connectivity index is 1.33. The molecule has 0 bridgehead atoms. The molecule has 2 aliphatic rings. The second-order valence-electron chi connectivity index (χ2n) is 7.64. The number of hydrogen-bond acceptors (Lipinski definition) is 7. The summed E-state index contributed by atoms with van der Waals surface area (Å²) in [7, 11) is 0. The summed E-state index contributed by atoms with van der Waals surface area (Å²) in [6, 6.07) is 1.72. The van der Waals surface area contributed by atoms with E-state index in [1.165, 1.54) is 11.3 Å². The molecule has 0 aliphatic carbocycles. The molecule has 4 rings (SSSR count). The van der Waals surface area contributed by atoms with Crippen molar-refractivity contribution in [2.75, 3.05) is 51.3 Å². The monoisotopic (exact) mass is 388 g/mol. The van der Waals surface area contributed by atoms with Gasteiger partial charge in [0.25, 0.3) is 0 Å². The van der Waals surface area contributed by atoms with Crippen LogP contribution in [0.3, 0.4) is 0 Å². The van der Waals surface area contributed by atoms with E-state index >= 15 is 0 Å². The van der Waals surface area contributed by atoms with Crippen molar-refractivity contribution in [2.24, 2.45) is 0 Å². The van der Waals surface area contributed by atoms with E-state index < -0.39 is 0 Å². The van der Waals surface area contributed by atoms with Crippen LogP contribution in [0.1, 0.15) is 35.8 Å². The highest BCUT2D eigenvalue weighted by molar-refractivity contribution is 5.91. The molecular weight excluding hydrogens is 360 g/mol. The maximum Gasteiger partial charge on any atom is 0.239 e. The Kier molecular flexibility index (Phi) is 6.04. The molecule has 0 aromatic carbocycles. The Morgan fingerprint density at radius 3 is 2.96 bits per heavy atom.